The number of para-hydroxylation sites is 1. The third-order valence-electron chi connectivity index (χ3n) is 3.76. The van der Waals surface area contributed by atoms with Gasteiger partial charge in [0.2, 0.25) is 5.91 Å². The molecule has 1 N–H and O–H groups in total. The van der Waals surface area contributed by atoms with Gasteiger partial charge < -0.3 is 15.0 Å². The predicted molar refractivity (Wildman–Crippen MR) is 84.8 cm³/mol. The highest BCUT2D eigenvalue weighted by Crippen LogP contribution is 2.23. The summed E-state index contributed by atoms with van der Waals surface area (Å²) >= 11 is 6.01. The van der Waals surface area contributed by atoms with Crippen LogP contribution in [0.15, 0.2) is 24.3 Å². The number of nitrogens with zero attached hydrogens (tertiary/aromatic N) is 1. The van der Waals surface area contributed by atoms with Crippen LogP contribution in [0.25, 0.3) is 0 Å². The Labute approximate surface area is 131 Å². The van der Waals surface area contributed by atoms with Crippen LogP contribution in [0.4, 0.5) is 0 Å². The Bertz CT molecular complexity index is 467. The van der Waals surface area contributed by atoms with Crippen molar-refractivity contribution < 1.29 is 9.53 Å². The van der Waals surface area contributed by atoms with Gasteiger partial charge in [-0.3, -0.25) is 4.79 Å². The molecule has 0 saturated carbocycles. The lowest BCUT2D eigenvalue weighted by Gasteiger charge is -2.16. The number of likely N-dealkylation sites (tertiary alicyclic amines) is 1. The molecule has 116 valence electrons. The van der Waals surface area contributed by atoms with Gasteiger partial charge in [0.05, 0.1) is 11.6 Å². The first-order valence-electron chi connectivity index (χ1n) is 7.50. The molecule has 1 aromatic rings. The molecule has 0 bridgehead atoms. The first-order chi connectivity index (χ1) is 10.2. The fourth-order valence-corrected chi connectivity index (χ4v) is 2.83. The number of carbonyl (C=O) groups is 1. The predicted octanol–water partition coefficient (Wildman–Crippen LogP) is 2.57. The number of hydrogen-bond donors (Lipinski definition) is 1. The van der Waals surface area contributed by atoms with Crippen molar-refractivity contribution in [2.75, 3.05) is 33.3 Å². The summed E-state index contributed by atoms with van der Waals surface area (Å²) in [6, 6.07) is 7.40. The van der Waals surface area contributed by atoms with E-state index in [1.165, 1.54) is 0 Å². The second kappa shape index (κ2) is 8.25. The zero-order valence-electron chi connectivity index (χ0n) is 12.5. The van der Waals surface area contributed by atoms with E-state index >= 15 is 0 Å². The van der Waals surface area contributed by atoms with Crippen molar-refractivity contribution in [1.82, 2.24) is 10.2 Å². The molecular weight excluding hydrogens is 288 g/mol. The molecule has 5 heteroatoms. The van der Waals surface area contributed by atoms with Crippen LogP contribution in [0.5, 0.6) is 5.75 Å². The van der Waals surface area contributed by atoms with Crippen LogP contribution in [-0.4, -0.2) is 44.1 Å². The van der Waals surface area contributed by atoms with Crippen LogP contribution in [-0.2, 0) is 4.79 Å². The number of carbonyl (C=O) groups excluding carboxylic acids is 1. The van der Waals surface area contributed by atoms with Crippen molar-refractivity contribution in [1.29, 1.82) is 0 Å². The highest BCUT2D eigenvalue weighted by atomic mass is 35.5. The summed E-state index contributed by atoms with van der Waals surface area (Å²) in [5.74, 6) is 1.51. The Morgan fingerprint density at radius 3 is 3.05 bits per heavy atom. The number of hydrogen-bond acceptors (Lipinski definition) is 3. The Hall–Kier alpha value is -1.26. The monoisotopic (exact) mass is 310 g/mol. The molecule has 1 aromatic carbocycles. The molecule has 2 rings (SSSR count). The van der Waals surface area contributed by atoms with Crippen molar-refractivity contribution in [3.63, 3.8) is 0 Å². The summed E-state index contributed by atoms with van der Waals surface area (Å²) in [5.41, 5.74) is 0. The van der Waals surface area contributed by atoms with Gasteiger partial charge >= 0.3 is 0 Å². The standard InChI is InChI=1S/C16H23ClN2O2/c1-18-11-13-8-9-19(12-13)16(20)7-4-10-21-15-6-3-2-5-14(15)17/h2-3,5-6,13,18H,4,7-12H2,1H3/t13-/m0/s1. The molecule has 1 atom stereocenters. The number of rotatable bonds is 7. The van der Waals surface area contributed by atoms with Crippen LogP contribution in [0.3, 0.4) is 0 Å². The van der Waals surface area contributed by atoms with Crippen LogP contribution in [0, 0.1) is 5.92 Å². The maximum absolute atomic E-state index is 12.1. The zero-order chi connectivity index (χ0) is 15.1. The summed E-state index contributed by atoms with van der Waals surface area (Å²) in [4.78, 5) is 14.1. The highest BCUT2D eigenvalue weighted by molar-refractivity contribution is 6.32. The van der Waals surface area contributed by atoms with Gasteiger partial charge in [0, 0.05) is 19.5 Å². The smallest absolute Gasteiger partial charge is 0.222 e. The molecule has 1 heterocycles. The lowest BCUT2D eigenvalue weighted by Crippen LogP contribution is -2.30. The molecule has 0 radical (unpaired) electrons. The van der Waals surface area contributed by atoms with E-state index in [1.807, 2.05) is 30.1 Å². The van der Waals surface area contributed by atoms with Gasteiger partial charge in [0.15, 0.2) is 0 Å². The molecule has 1 saturated heterocycles. The maximum atomic E-state index is 12.1. The van der Waals surface area contributed by atoms with Gasteiger partial charge in [0.25, 0.3) is 0 Å². The van der Waals surface area contributed by atoms with E-state index in [0.29, 0.717) is 29.7 Å². The molecule has 1 aliphatic heterocycles. The van der Waals surface area contributed by atoms with E-state index in [0.717, 1.165) is 32.5 Å². The van der Waals surface area contributed by atoms with E-state index in [4.69, 9.17) is 16.3 Å². The minimum atomic E-state index is 0.233. The summed E-state index contributed by atoms with van der Waals surface area (Å²) in [7, 11) is 1.95. The van der Waals surface area contributed by atoms with Gasteiger partial charge in [-0.05, 0) is 44.5 Å². The topological polar surface area (TPSA) is 41.6 Å². The normalized spacial score (nSPS) is 18.0. The molecular formula is C16H23ClN2O2. The highest BCUT2D eigenvalue weighted by Gasteiger charge is 2.25. The SMILES string of the molecule is CNC[C@@H]1CCN(C(=O)CCCOc2ccccc2Cl)C1. The van der Waals surface area contributed by atoms with E-state index < -0.39 is 0 Å². The van der Waals surface area contributed by atoms with Crippen molar-refractivity contribution in [2.24, 2.45) is 5.92 Å². The molecule has 1 fully saturated rings. The van der Waals surface area contributed by atoms with Crippen LogP contribution in [0.2, 0.25) is 5.02 Å². The van der Waals surface area contributed by atoms with Crippen molar-refractivity contribution in [3.8, 4) is 5.75 Å². The summed E-state index contributed by atoms with van der Waals surface area (Å²) < 4.78 is 5.60. The fraction of sp³-hybridized carbons (Fsp3) is 0.562. The number of nitrogens with one attached hydrogen (secondary N) is 1. The summed E-state index contributed by atoms with van der Waals surface area (Å²) in [6.07, 6.45) is 2.36. The molecule has 4 nitrogen and oxygen atoms in total. The van der Waals surface area contributed by atoms with Gasteiger partial charge in [-0.15, -0.1) is 0 Å². The minimum absolute atomic E-state index is 0.233. The Kier molecular flexibility index (Phi) is 6.33. The zero-order valence-corrected chi connectivity index (χ0v) is 13.2. The number of halogens is 1. The summed E-state index contributed by atoms with van der Waals surface area (Å²) in [6.45, 7) is 3.27. The van der Waals surface area contributed by atoms with E-state index in [1.54, 1.807) is 6.07 Å². The third-order valence-corrected chi connectivity index (χ3v) is 4.07. The number of amides is 1. The maximum Gasteiger partial charge on any atom is 0.222 e. The average Bonchev–Trinajstić information content (AvgIpc) is 2.94. The van der Waals surface area contributed by atoms with Gasteiger partial charge in [-0.2, -0.15) is 0 Å². The Morgan fingerprint density at radius 2 is 2.29 bits per heavy atom. The van der Waals surface area contributed by atoms with Crippen LogP contribution >= 0.6 is 11.6 Å². The minimum Gasteiger partial charge on any atom is -0.492 e. The Balaban J connectivity index is 1.65. The van der Waals surface area contributed by atoms with Crippen molar-refractivity contribution >= 4 is 17.5 Å². The van der Waals surface area contributed by atoms with Gasteiger partial charge in [-0.1, -0.05) is 23.7 Å². The first-order valence-corrected chi connectivity index (χ1v) is 7.88. The molecule has 21 heavy (non-hydrogen) atoms. The first kappa shape index (κ1) is 16.1. The molecule has 0 unspecified atom stereocenters. The van der Waals surface area contributed by atoms with Gasteiger partial charge in [-0.25, -0.2) is 0 Å². The average molecular weight is 311 g/mol. The number of ether oxygens (including phenoxy) is 1. The lowest BCUT2D eigenvalue weighted by molar-refractivity contribution is -0.130. The van der Waals surface area contributed by atoms with Crippen molar-refractivity contribution in [2.45, 2.75) is 19.3 Å². The molecule has 1 aliphatic rings. The Morgan fingerprint density at radius 1 is 1.48 bits per heavy atom. The molecule has 0 aromatic heterocycles. The summed E-state index contributed by atoms with van der Waals surface area (Å²) in [5, 5.41) is 3.78. The van der Waals surface area contributed by atoms with E-state index in [2.05, 4.69) is 5.32 Å². The molecule has 0 aliphatic carbocycles. The molecule has 1 amide bonds. The van der Waals surface area contributed by atoms with Crippen LogP contribution < -0.4 is 10.1 Å². The lowest BCUT2D eigenvalue weighted by atomic mass is 10.1. The largest absolute Gasteiger partial charge is 0.492 e. The van der Waals surface area contributed by atoms with E-state index in [-0.39, 0.29) is 5.91 Å². The third kappa shape index (κ3) is 4.90. The fourth-order valence-electron chi connectivity index (χ4n) is 2.64. The van der Waals surface area contributed by atoms with Gasteiger partial charge in [0.1, 0.15) is 5.75 Å². The second-order valence-corrected chi connectivity index (χ2v) is 5.84. The molecule has 0 spiro atoms. The van der Waals surface area contributed by atoms with Crippen molar-refractivity contribution in [3.05, 3.63) is 29.3 Å². The quantitative estimate of drug-likeness (QED) is 0.787. The number of benzene rings is 1. The second-order valence-electron chi connectivity index (χ2n) is 5.43. The van der Waals surface area contributed by atoms with Crippen LogP contribution in [0.1, 0.15) is 19.3 Å². The van der Waals surface area contributed by atoms with E-state index in [9.17, 15) is 4.79 Å².